The van der Waals surface area contributed by atoms with Crippen LogP contribution in [0.15, 0.2) is 24.3 Å². The first-order chi connectivity index (χ1) is 22.1. The smallest absolute Gasteiger partial charge is 0.338 e. The van der Waals surface area contributed by atoms with Crippen molar-refractivity contribution >= 4 is 5.97 Å². The first kappa shape index (κ1) is 32.7. The molecule has 5 saturated carbocycles. The van der Waals surface area contributed by atoms with E-state index in [-0.39, 0.29) is 41.9 Å². The summed E-state index contributed by atoms with van der Waals surface area (Å²) in [5, 5.41) is 24.9. The lowest BCUT2D eigenvalue weighted by atomic mass is 9.42. The van der Waals surface area contributed by atoms with Crippen molar-refractivity contribution in [3.63, 3.8) is 0 Å². The summed E-state index contributed by atoms with van der Waals surface area (Å²) in [5.74, 6) is -0.750. The number of piperidine rings is 1. The Bertz CT molecular complexity index is 1310. The van der Waals surface area contributed by atoms with Gasteiger partial charge in [-0.05, 0) is 50.1 Å². The van der Waals surface area contributed by atoms with Crippen LogP contribution < -0.4 is 4.74 Å². The number of carbonyl (C=O) groups excluding carboxylic acids is 1. The van der Waals surface area contributed by atoms with E-state index in [1.807, 2.05) is 6.92 Å². The highest BCUT2D eigenvalue weighted by Crippen LogP contribution is 2.80. The van der Waals surface area contributed by atoms with Crippen LogP contribution in [0.1, 0.15) is 43.5 Å². The second-order valence-electron chi connectivity index (χ2n) is 14.6. The molecule has 1 spiro atoms. The summed E-state index contributed by atoms with van der Waals surface area (Å²) < 4.78 is 44.0. The van der Waals surface area contributed by atoms with Gasteiger partial charge in [0.25, 0.3) is 0 Å². The summed E-state index contributed by atoms with van der Waals surface area (Å²) in [6.07, 6.45) is -1.63. The van der Waals surface area contributed by atoms with Crippen LogP contribution in [0.4, 0.5) is 0 Å². The third-order valence-corrected chi connectivity index (χ3v) is 13.5. The lowest BCUT2D eigenvalue weighted by Gasteiger charge is -2.70. The summed E-state index contributed by atoms with van der Waals surface area (Å²) in [6.45, 7) is 6.38. The molecule has 0 amide bonds. The van der Waals surface area contributed by atoms with Crippen LogP contribution in [0.5, 0.6) is 5.75 Å². The second kappa shape index (κ2) is 11.4. The van der Waals surface area contributed by atoms with Crippen LogP contribution in [0.25, 0.3) is 0 Å². The lowest BCUT2D eigenvalue weighted by molar-refractivity contribution is -0.304. The van der Waals surface area contributed by atoms with Crippen molar-refractivity contribution in [1.29, 1.82) is 0 Å². The molecule has 5 aliphatic carbocycles. The number of hydrogen-bond donors (Lipinski definition) is 2. The highest BCUT2D eigenvalue weighted by molar-refractivity contribution is 5.89. The van der Waals surface area contributed by atoms with Gasteiger partial charge in [0.2, 0.25) is 0 Å². The molecule has 6 fully saturated rings. The molecule has 1 aromatic carbocycles. The van der Waals surface area contributed by atoms with E-state index in [9.17, 15) is 15.0 Å². The Labute approximate surface area is 271 Å². The molecular formula is C35H51NO10. The van der Waals surface area contributed by atoms with Gasteiger partial charge < -0.3 is 43.4 Å². The number of fused-ring (bicyclic) bond motifs is 2. The molecule has 11 heteroatoms. The third-order valence-electron chi connectivity index (χ3n) is 13.5. The van der Waals surface area contributed by atoms with Crippen LogP contribution in [0.3, 0.4) is 0 Å². The third kappa shape index (κ3) is 3.80. The molecule has 1 aliphatic heterocycles. The average Bonchev–Trinajstić information content (AvgIpc) is 3.43. The molecule has 7 rings (SSSR count). The Morgan fingerprint density at radius 2 is 1.70 bits per heavy atom. The van der Waals surface area contributed by atoms with Crippen molar-refractivity contribution in [2.75, 3.05) is 61.9 Å². The fourth-order valence-electron chi connectivity index (χ4n) is 12.5. The van der Waals surface area contributed by atoms with Crippen LogP contribution in [0.2, 0.25) is 0 Å². The molecule has 0 unspecified atom stereocenters. The van der Waals surface area contributed by atoms with Gasteiger partial charge in [-0.3, -0.25) is 4.90 Å². The Kier molecular flexibility index (Phi) is 8.08. The molecule has 0 aromatic heterocycles. The summed E-state index contributed by atoms with van der Waals surface area (Å²) in [4.78, 5) is 16.4. The van der Waals surface area contributed by atoms with Crippen molar-refractivity contribution in [2.24, 2.45) is 34.5 Å². The zero-order valence-corrected chi connectivity index (χ0v) is 28.1. The van der Waals surface area contributed by atoms with E-state index in [1.54, 1.807) is 59.8 Å². The molecule has 6 aliphatic rings. The zero-order chi connectivity index (χ0) is 32.8. The van der Waals surface area contributed by atoms with Crippen LogP contribution in [0, 0.1) is 34.5 Å². The highest BCUT2D eigenvalue weighted by atomic mass is 16.6. The molecule has 0 radical (unpaired) electrons. The molecule has 1 aromatic rings. The number of nitrogens with zero attached hydrogens (tertiary/aromatic N) is 1. The normalized spacial score (nSPS) is 48.4. The Morgan fingerprint density at radius 1 is 0.978 bits per heavy atom. The standard InChI is InChI=1S/C35H51NO10/c1-8-36-17-32(18-40-3)22(37)14-23(42-5)35-21-15-33(39)24(43-6)16-34(45-9-2,26(29(35)36)27(44-7)28(32)35)25(21)30(33)46-31(38)19-10-12-20(41-4)13-11-19/h10-13,21-30,37,39H,8-9,14-18H2,1-7H3/t21-,22-,23+,24+,25-,26+,27+,28-,29-,30-,32+,33+,34-,35+/m1/s1. The van der Waals surface area contributed by atoms with Gasteiger partial charge in [0.05, 0.1) is 49.3 Å². The largest absolute Gasteiger partial charge is 0.497 e. The minimum atomic E-state index is -1.46. The number of hydrogen-bond acceptors (Lipinski definition) is 11. The van der Waals surface area contributed by atoms with Crippen molar-refractivity contribution in [1.82, 2.24) is 4.90 Å². The summed E-state index contributed by atoms with van der Waals surface area (Å²) in [5.41, 5.74) is -3.11. The van der Waals surface area contributed by atoms with Gasteiger partial charge in [-0.15, -0.1) is 0 Å². The number of benzene rings is 1. The van der Waals surface area contributed by atoms with Gasteiger partial charge in [0.1, 0.15) is 17.5 Å². The van der Waals surface area contributed by atoms with Crippen LogP contribution in [-0.2, 0) is 28.4 Å². The highest BCUT2D eigenvalue weighted by Gasteiger charge is 2.90. The topological polar surface area (TPSA) is 125 Å². The summed E-state index contributed by atoms with van der Waals surface area (Å²) in [6, 6.07) is 6.79. The van der Waals surface area contributed by atoms with E-state index in [1.165, 1.54) is 0 Å². The summed E-state index contributed by atoms with van der Waals surface area (Å²) >= 11 is 0. The molecule has 1 heterocycles. The van der Waals surface area contributed by atoms with E-state index in [0.29, 0.717) is 50.3 Å². The number of aliphatic hydroxyl groups is 2. The molecule has 7 bridgehead atoms. The number of carbonyl (C=O) groups is 1. The quantitative estimate of drug-likeness (QED) is 0.344. The van der Waals surface area contributed by atoms with Crippen LogP contribution >= 0.6 is 0 Å². The minimum absolute atomic E-state index is 0.0152. The number of ether oxygens (including phenoxy) is 7. The second-order valence-corrected chi connectivity index (χ2v) is 14.6. The Morgan fingerprint density at radius 3 is 2.28 bits per heavy atom. The first-order valence-electron chi connectivity index (χ1n) is 16.8. The van der Waals surface area contributed by atoms with E-state index >= 15 is 0 Å². The van der Waals surface area contributed by atoms with E-state index < -0.39 is 46.3 Å². The number of methoxy groups -OCH3 is 5. The first-order valence-corrected chi connectivity index (χ1v) is 16.8. The molecule has 256 valence electrons. The van der Waals surface area contributed by atoms with Crippen molar-refractivity contribution < 1.29 is 48.2 Å². The lowest BCUT2D eigenvalue weighted by Crippen LogP contribution is -2.79. The van der Waals surface area contributed by atoms with Crippen molar-refractivity contribution in [2.45, 2.75) is 80.9 Å². The van der Waals surface area contributed by atoms with Gasteiger partial charge in [-0.25, -0.2) is 4.79 Å². The number of rotatable bonds is 11. The molecule has 11 nitrogen and oxygen atoms in total. The van der Waals surface area contributed by atoms with E-state index in [2.05, 4.69) is 11.8 Å². The van der Waals surface area contributed by atoms with Crippen molar-refractivity contribution in [3.8, 4) is 5.75 Å². The molecular weight excluding hydrogens is 594 g/mol. The number of aliphatic hydroxyl groups excluding tert-OH is 1. The predicted octanol–water partition coefficient (Wildman–Crippen LogP) is 2.16. The van der Waals surface area contributed by atoms with E-state index in [0.717, 1.165) is 6.54 Å². The minimum Gasteiger partial charge on any atom is -0.497 e. The maximum atomic E-state index is 13.9. The molecule has 1 saturated heterocycles. The Hall–Kier alpha value is -1.83. The fourth-order valence-corrected chi connectivity index (χ4v) is 12.5. The summed E-state index contributed by atoms with van der Waals surface area (Å²) in [7, 11) is 8.39. The van der Waals surface area contributed by atoms with Gasteiger partial charge in [0, 0.05) is 89.1 Å². The van der Waals surface area contributed by atoms with Gasteiger partial charge in [0.15, 0.2) is 0 Å². The van der Waals surface area contributed by atoms with Gasteiger partial charge in [-0.1, -0.05) is 6.92 Å². The average molecular weight is 646 g/mol. The fraction of sp³-hybridized carbons (Fsp3) is 0.800. The van der Waals surface area contributed by atoms with Gasteiger partial charge in [-0.2, -0.15) is 0 Å². The monoisotopic (exact) mass is 645 g/mol. The maximum absolute atomic E-state index is 13.9. The molecule has 46 heavy (non-hydrogen) atoms. The SMILES string of the molecule is CCO[C@]12C[C@H](OC)[C@@]3(O)C[C@H]([C@@H]1[C@H]3OC(=O)c1ccc(OC)cc1)[C@@]13[C@@H](OC)C[C@@H](O)[C@@]4(COC)CN(CC)[C@@H]1[C@@H]2[C@H](OC)[C@H]43. The van der Waals surface area contributed by atoms with Crippen LogP contribution in [-0.4, -0.2) is 131 Å². The van der Waals surface area contributed by atoms with Crippen molar-refractivity contribution in [3.05, 3.63) is 29.8 Å². The van der Waals surface area contributed by atoms with Gasteiger partial charge >= 0.3 is 5.97 Å². The Balaban J connectivity index is 1.45. The molecule has 2 N–H and O–H groups in total. The predicted molar refractivity (Wildman–Crippen MR) is 165 cm³/mol. The van der Waals surface area contributed by atoms with E-state index in [4.69, 9.17) is 33.2 Å². The molecule has 14 atom stereocenters. The maximum Gasteiger partial charge on any atom is 0.338 e. The zero-order valence-electron chi connectivity index (χ0n) is 28.1. The number of likely N-dealkylation sites (tertiary alicyclic amines) is 1. The number of esters is 1.